The van der Waals surface area contributed by atoms with Crippen LogP contribution >= 0.6 is 0 Å². The van der Waals surface area contributed by atoms with E-state index in [1.807, 2.05) is 11.8 Å². The van der Waals surface area contributed by atoms with E-state index in [9.17, 15) is 14.3 Å². The van der Waals surface area contributed by atoms with E-state index >= 15 is 0 Å². The molecule has 5 heteroatoms. The Morgan fingerprint density at radius 3 is 2.47 bits per heavy atom. The third-order valence-electron chi connectivity index (χ3n) is 3.73. The Balaban J connectivity index is 2.18. The summed E-state index contributed by atoms with van der Waals surface area (Å²) in [6.45, 7) is 2.80. The predicted molar refractivity (Wildman–Crippen MR) is 71.6 cm³/mol. The summed E-state index contributed by atoms with van der Waals surface area (Å²) in [7, 11) is 0. The molecule has 1 aromatic carbocycles. The standard InChI is InChI=1S/C14H19FN2O2/c1-2-17(12-7-5-11(15)6-8-12)9-14(16,13(18)19)10-3-4-10/h5-8,10H,2-4,9,16H2,1H3,(H,18,19). The number of benzene rings is 1. The van der Waals surface area contributed by atoms with E-state index in [1.165, 1.54) is 12.1 Å². The molecule has 1 unspecified atom stereocenters. The quantitative estimate of drug-likeness (QED) is 0.824. The number of carbonyl (C=O) groups is 1. The van der Waals surface area contributed by atoms with Crippen LogP contribution in [0.2, 0.25) is 0 Å². The number of rotatable bonds is 6. The summed E-state index contributed by atoms with van der Waals surface area (Å²) in [5.74, 6) is -1.23. The summed E-state index contributed by atoms with van der Waals surface area (Å²) in [5, 5.41) is 9.37. The van der Waals surface area contributed by atoms with Crippen LogP contribution in [0, 0.1) is 11.7 Å². The normalized spacial score (nSPS) is 17.8. The van der Waals surface area contributed by atoms with Crippen molar-refractivity contribution < 1.29 is 14.3 Å². The second-order valence-corrected chi connectivity index (χ2v) is 5.11. The van der Waals surface area contributed by atoms with E-state index in [4.69, 9.17) is 5.73 Å². The van der Waals surface area contributed by atoms with Gasteiger partial charge in [-0.3, -0.25) is 4.79 Å². The molecule has 0 radical (unpaired) electrons. The van der Waals surface area contributed by atoms with Crippen LogP contribution < -0.4 is 10.6 Å². The summed E-state index contributed by atoms with van der Waals surface area (Å²) in [6, 6.07) is 6.03. The number of likely N-dealkylation sites (N-methyl/N-ethyl adjacent to an activating group) is 1. The highest BCUT2D eigenvalue weighted by Gasteiger charge is 2.49. The Hall–Kier alpha value is -1.62. The van der Waals surface area contributed by atoms with Gasteiger partial charge in [-0.15, -0.1) is 0 Å². The first-order valence-corrected chi connectivity index (χ1v) is 6.50. The SMILES string of the molecule is CCN(CC(N)(C(=O)O)C1CC1)c1ccc(F)cc1. The molecule has 1 aromatic rings. The van der Waals surface area contributed by atoms with Crippen molar-refractivity contribution >= 4 is 11.7 Å². The molecule has 0 spiro atoms. The van der Waals surface area contributed by atoms with Crippen LogP contribution in [0.3, 0.4) is 0 Å². The van der Waals surface area contributed by atoms with Gasteiger partial charge in [-0.1, -0.05) is 0 Å². The van der Waals surface area contributed by atoms with Crippen LogP contribution in [0.1, 0.15) is 19.8 Å². The number of hydrogen-bond donors (Lipinski definition) is 2. The monoisotopic (exact) mass is 266 g/mol. The van der Waals surface area contributed by atoms with Gasteiger partial charge in [-0.2, -0.15) is 0 Å². The Bertz CT molecular complexity index is 459. The van der Waals surface area contributed by atoms with Gasteiger partial charge in [-0.25, -0.2) is 4.39 Å². The molecular formula is C14H19FN2O2. The van der Waals surface area contributed by atoms with E-state index in [2.05, 4.69) is 0 Å². The zero-order chi connectivity index (χ0) is 14.0. The van der Waals surface area contributed by atoms with Gasteiger partial charge in [0.1, 0.15) is 11.4 Å². The zero-order valence-corrected chi connectivity index (χ0v) is 11.0. The molecule has 104 valence electrons. The molecule has 4 nitrogen and oxygen atoms in total. The summed E-state index contributed by atoms with van der Waals surface area (Å²) >= 11 is 0. The molecule has 0 aromatic heterocycles. The summed E-state index contributed by atoms with van der Waals surface area (Å²) in [5.41, 5.74) is 5.65. The highest BCUT2D eigenvalue weighted by Crippen LogP contribution is 2.39. The number of hydrogen-bond acceptors (Lipinski definition) is 3. The van der Waals surface area contributed by atoms with E-state index in [1.54, 1.807) is 12.1 Å². The minimum atomic E-state index is -1.22. The molecule has 0 bridgehead atoms. The van der Waals surface area contributed by atoms with E-state index in [0.717, 1.165) is 18.5 Å². The average molecular weight is 266 g/mol. The zero-order valence-electron chi connectivity index (χ0n) is 11.0. The van der Waals surface area contributed by atoms with E-state index < -0.39 is 11.5 Å². The number of nitrogens with zero attached hydrogens (tertiary/aromatic N) is 1. The molecule has 1 aliphatic rings. The molecule has 1 fully saturated rings. The van der Waals surface area contributed by atoms with Gasteiger partial charge in [-0.05, 0) is 49.9 Å². The molecule has 0 aliphatic heterocycles. The third kappa shape index (κ3) is 2.87. The highest BCUT2D eigenvalue weighted by atomic mass is 19.1. The number of nitrogens with two attached hydrogens (primary N) is 1. The lowest BCUT2D eigenvalue weighted by Crippen LogP contribution is -2.58. The lowest BCUT2D eigenvalue weighted by atomic mass is 9.93. The maximum atomic E-state index is 12.9. The molecule has 1 saturated carbocycles. The van der Waals surface area contributed by atoms with E-state index in [0.29, 0.717) is 6.54 Å². The fraction of sp³-hybridized carbons (Fsp3) is 0.500. The minimum Gasteiger partial charge on any atom is -0.480 e. The molecule has 19 heavy (non-hydrogen) atoms. The molecule has 0 saturated heterocycles. The molecule has 0 amide bonds. The molecule has 1 atom stereocenters. The number of anilines is 1. The highest BCUT2D eigenvalue weighted by molar-refractivity contribution is 5.80. The van der Waals surface area contributed by atoms with Crippen LogP contribution in [-0.2, 0) is 4.79 Å². The average Bonchev–Trinajstić information content (AvgIpc) is 3.21. The molecule has 2 rings (SSSR count). The largest absolute Gasteiger partial charge is 0.480 e. The Kier molecular flexibility index (Phi) is 3.75. The van der Waals surface area contributed by atoms with Gasteiger partial charge in [0.25, 0.3) is 0 Å². The fourth-order valence-electron chi connectivity index (χ4n) is 2.32. The van der Waals surface area contributed by atoms with E-state index in [-0.39, 0.29) is 18.3 Å². The smallest absolute Gasteiger partial charge is 0.325 e. The predicted octanol–water partition coefficient (Wildman–Crippen LogP) is 1.84. The Morgan fingerprint density at radius 1 is 1.47 bits per heavy atom. The van der Waals surface area contributed by atoms with Crippen molar-refractivity contribution in [1.82, 2.24) is 0 Å². The first-order chi connectivity index (χ1) is 8.97. The van der Waals surface area contributed by atoms with Crippen molar-refractivity contribution in [3.63, 3.8) is 0 Å². The van der Waals surface area contributed by atoms with Gasteiger partial charge in [0.05, 0.1) is 0 Å². The van der Waals surface area contributed by atoms with Crippen molar-refractivity contribution in [2.45, 2.75) is 25.3 Å². The van der Waals surface area contributed by atoms with Crippen molar-refractivity contribution in [3.05, 3.63) is 30.1 Å². The maximum Gasteiger partial charge on any atom is 0.325 e. The lowest BCUT2D eigenvalue weighted by Gasteiger charge is -2.33. The van der Waals surface area contributed by atoms with Gasteiger partial charge >= 0.3 is 5.97 Å². The molecule has 0 heterocycles. The second kappa shape index (κ2) is 5.17. The van der Waals surface area contributed by atoms with Gasteiger partial charge in [0.2, 0.25) is 0 Å². The summed E-state index contributed by atoms with van der Waals surface area (Å²) < 4.78 is 12.9. The summed E-state index contributed by atoms with van der Waals surface area (Å²) in [6.07, 6.45) is 1.73. The maximum absolute atomic E-state index is 12.9. The third-order valence-corrected chi connectivity index (χ3v) is 3.73. The van der Waals surface area contributed by atoms with Gasteiger partial charge < -0.3 is 15.7 Å². The first kappa shape index (κ1) is 13.8. The van der Waals surface area contributed by atoms with Crippen LogP contribution in [0.25, 0.3) is 0 Å². The fourth-order valence-corrected chi connectivity index (χ4v) is 2.32. The molecule has 1 aliphatic carbocycles. The van der Waals surface area contributed by atoms with Crippen LogP contribution in [0.5, 0.6) is 0 Å². The van der Waals surface area contributed by atoms with Gasteiger partial charge in [0.15, 0.2) is 0 Å². The Morgan fingerprint density at radius 2 is 2.05 bits per heavy atom. The van der Waals surface area contributed by atoms with Crippen molar-refractivity contribution in [2.75, 3.05) is 18.0 Å². The molecular weight excluding hydrogens is 247 g/mol. The lowest BCUT2D eigenvalue weighted by molar-refractivity contribution is -0.143. The minimum absolute atomic E-state index is 0.0412. The van der Waals surface area contributed by atoms with Gasteiger partial charge in [0, 0.05) is 18.8 Å². The number of carboxylic acids is 1. The van der Waals surface area contributed by atoms with Crippen LogP contribution in [-0.4, -0.2) is 29.7 Å². The van der Waals surface area contributed by atoms with Crippen molar-refractivity contribution in [3.8, 4) is 0 Å². The second-order valence-electron chi connectivity index (χ2n) is 5.11. The first-order valence-electron chi connectivity index (χ1n) is 6.50. The number of aliphatic carboxylic acids is 1. The topological polar surface area (TPSA) is 66.6 Å². The van der Waals surface area contributed by atoms with Crippen LogP contribution in [0.15, 0.2) is 24.3 Å². The van der Waals surface area contributed by atoms with Crippen molar-refractivity contribution in [1.29, 1.82) is 0 Å². The summed E-state index contributed by atoms with van der Waals surface area (Å²) in [4.78, 5) is 13.3. The molecule has 3 N–H and O–H groups in total. The Labute approximate surface area is 112 Å². The van der Waals surface area contributed by atoms with Crippen molar-refractivity contribution in [2.24, 2.45) is 11.7 Å². The number of halogens is 1. The number of carboxylic acid groups (broad SMARTS) is 1. The van der Waals surface area contributed by atoms with Crippen LogP contribution in [0.4, 0.5) is 10.1 Å².